The third kappa shape index (κ3) is 4.28. The second-order valence-electron chi connectivity index (χ2n) is 5.65. The zero-order valence-electron chi connectivity index (χ0n) is 10.8. The predicted molar refractivity (Wildman–Crippen MR) is 68.6 cm³/mol. The van der Waals surface area contributed by atoms with Crippen LogP contribution in [-0.2, 0) is 4.79 Å². The molecule has 1 aliphatic carbocycles. The molecule has 1 heterocycles. The fourth-order valence-electron chi connectivity index (χ4n) is 2.51. The number of nitrogens with one attached hydrogen (secondary N) is 1. The Labute approximate surface area is 104 Å². The SMILES string of the molecule is CC(N)C1CCCN(CCC(=O)NC2CC2)C1. The summed E-state index contributed by atoms with van der Waals surface area (Å²) in [6, 6.07) is 0.763. The van der Waals surface area contributed by atoms with Crippen molar-refractivity contribution in [3.05, 3.63) is 0 Å². The Morgan fingerprint density at radius 2 is 2.24 bits per heavy atom. The Balaban J connectivity index is 1.65. The molecule has 0 spiro atoms. The number of nitrogens with zero attached hydrogens (tertiary/aromatic N) is 1. The molecule has 4 nitrogen and oxygen atoms in total. The lowest BCUT2D eigenvalue weighted by molar-refractivity contribution is -0.121. The van der Waals surface area contributed by atoms with Gasteiger partial charge in [-0.25, -0.2) is 0 Å². The summed E-state index contributed by atoms with van der Waals surface area (Å²) < 4.78 is 0. The van der Waals surface area contributed by atoms with Crippen LogP contribution in [0, 0.1) is 5.92 Å². The van der Waals surface area contributed by atoms with E-state index >= 15 is 0 Å². The fourth-order valence-corrected chi connectivity index (χ4v) is 2.51. The molecule has 0 aromatic heterocycles. The van der Waals surface area contributed by atoms with Crippen molar-refractivity contribution in [3.63, 3.8) is 0 Å². The van der Waals surface area contributed by atoms with Gasteiger partial charge in [0.2, 0.25) is 5.91 Å². The van der Waals surface area contributed by atoms with Crippen molar-refractivity contribution in [2.24, 2.45) is 11.7 Å². The number of likely N-dealkylation sites (tertiary alicyclic amines) is 1. The minimum Gasteiger partial charge on any atom is -0.353 e. The highest BCUT2D eigenvalue weighted by Crippen LogP contribution is 2.20. The standard InChI is InChI=1S/C13H25N3O/c1-10(14)11-3-2-7-16(9-11)8-6-13(17)15-12-4-5-12/h10-12H,2-9,14H2,1H3,(H,15,17). The van der Waals surface area contributed by atoms with Gasteiger partial charge in [0.15, 0.2) is 0 Å². The normalized spacial score (nSPS) is 27.8. The first kappa shape index (κ1) is 12.8. The van der Waals surface area contributed by atoms with Crippen molar-refractivity contribution in [1.29, 1.82) is 0 Å². The van der Waals surface area contributed by atoms with Crippen molar-refractivity contribution < 1.29 is 4.79 Å². The highest BCUT2D eigenvalue weighted by molar-refractivity contribution is 5.76. The van der Waals surface area contributed by atoms with E-state index in [1.165, 1.54) is 25.7 Å². The summed E-state index contributed by atoms with van der Waals surface area (Å²) in [5, 5.41) is 3.04. The summed E-state index contributed by atoms with van der Waals surface area (Å²) >= 11 is 0. The maximum absolute atomic E-state index is 11.6. The average molecular weight is 239 g/mol. The van der Waals surface area contributed by atoms with Crippen molar-refractivity contribution in [1.82, 2.24) is 10.2 Å². The van der Waals surface area contributed by atoms with Crippen LogP contribution in [0.25, 0.3) is 0 Å². The maximum Gasteiger partial charge on any atom is 0.221 e. The molecular formula is C13H25N3O. The number of rotatable bonds is 5. The average Bonchev–Trinajstić information content (AvgIpc) is 3.11. The van der Waals surface area contributed by atoms with Crippen LogP contribution in [0.15, 0.2) is 0 Å². The second kappa shape index (κ2) is 5.83. The summed E-state index contributed by atoms with van der Waals surface area (Å²) in [7, 11) is 0. The summed E-state index contributed by atoms with van der Waals surface area (Å²) in [4.78, 5) is 14.0. The van der Waals surface area contributed by atoms with Crippen LogP contribution in [0.1, 0.15) is 39.0 Å². The van der Waals surface area contributed by atoms with Crippen LogP contribution in [-0.4, -0.2) is 42.5 Å². The van der Waals surface area contributed by atoms with Crippen LogP contribution in [0.3, 0.4) is 0 Å². The van der Waals surface area contributed by atoms with E-state index in [1.807, 2.05) is 0 Å². The smallest absolute Gasteiger partial charge is 0.221 e. The topological polar surface area (TPSA) is 58.4 Å². The number of nitrogens with two attached hydrogens (primary N) is 1. The first-order valence-corrected chi connectivity index (χ1v) is 6.92. The first-order chi connectivity index (χ1) is 8.15. The lowest BCUT2D eigenvalue weighted by Gasteiger charge is -2.34. The maximum atomic E-state index is 11.6. The van der Waals surface area contributed by atoms with Gasteiger partial charge in [0.05, 0.1) is 0 Å². The van der Waals surface area contributed by atoms with Crippen LogP contribution in [0.4, 0.5) is 0 Å². The fraction of sp³-hybridized carbons (Fsp3) is 0.923. The molecule has 2 unspecified atom stereocenters. The molecule has 98 valence electrons. The molecule has 2 rings (SSSR count). The molecule has 1 saturated heterocycles. The molecule has 0 radical (unpaired) electrons. The number of carbonyl (C=O) groups excluding carboxylic acids is 1. The first-order valence-electron chi connectivity index (χ1n) is 6.92. The van der Waals surface area contributed by atoms with Crippen LogP contribution in [0.5, 0.6) is 0 Å². The zero-order valence-corrected chi connectivity index (χ0v) is 10.8. The van der Waals surface area contributed by atoms with Gasteiger partial charge in [-0.3, -0.25) is 4.79 Å². The zero-order chi connectivity index (χ0) is 12.3. The molecule has 1 amide bonds. The highest BCUT2D eigenvalue weighted by atomic mass is 16.1. The van der Waals surface area contributed by atoms with Crippen LogP contribution < -0.4 is 11.1 Å². The number of hydrogen-bond acceptors (Lipinski definition) is 3. The molecule has 2 fully saturated rings. The molecule has 0 bridgehead atoms. The van der Waals surface area contributed by atoms with Gasteiger partial charge in [0.1, 0.15) is 0 Å². The molecule has 0 aromatic carbocycles. The van der Waals surface area contributed by atoms with E-state index in [-0.39, 0.29) is 11.9 Å². The molecule has 0 aromatic rings. The van der Waals surface area contributed by atoms with Crippen molar-refractivity contribution in [2.45, 2.75) is 51.1 Å². The number of carbonyl (C=O) groups is 1. The minimum atomic E-state index is 0.218. The second-order valence-corrected chi connectivity index (χ2v) is 5.65. The van der Waals surface area contributed by atoms with Crippen molar-refractivity contribution >= 4 is 5.91 Å². The van der Waals surface area contributed by atoms with E-state index in [4.69, 9.17) is 5.73 Å². The Morgan fingerprint density at radius 3 is 2.88 bits per heavy atom. The lowest BCUT2D eigenvalue weighted by atomic mass is 9.92. The highest BCUT2D eigenvalue weighted by Gasteiger charge is 2.25. The van der Waals surface area contributed by atoms with Gasteiger partial charge < -0.3 is 16.0 Å². The summed E-state index contributed by atoms with van der Waals surface area (Å²) in [5.74, 6) is 0.825. The number of piperidine rings is 1. The van der Waals surface area contributed by atoms with E-state index in [0.717, 1.165) is 19.6 Å². The van der Waals surface area contributed by atoms with Gasteiger partial charge in [-0.1, -0.05) is 0 Å². The van der Waals surface area contributed by atoms with Gasteiger partial charge >= 0.3 is 0 Å². The molecule has 1 saturated carbocycles. The van der Waals surface area contributed by atoms with Gasteiger partial charge in [0, 0.05) is 31.6 Å². The van der Waals surface area contributed by atoms with E-state index in [0.29, 0.717) is 18.4 Å². The Bertz CT molecular complexity index is 263. The third-order valence-corrected chi connectivity index (χ3v) is 3.88. The molecular weight excluding hydrogens is 214 g/mol. The molecule has 17 heavy (non-hydrogen) atoms. The molecule has 2 atom stereocenters. The molecule has 2 aliphatic rings. The van der Waals surface area contributed by atoms with Gasteiger partial charge in [-0.05, 0) is 45.1 Å². The van der Waals surface area contributed by atoms with E-state index in [1.54, 1.807) is 0 Å². The van der Waals surface area contributed by atoms with E-state index in [9.17, 15) is 4.79 Å². The van der Waals surface area contributed by atoms with Gasteiger partial charge in [-0.15, -0.1) is 0 Å². The summed E-state index contributed by atoms with van der Waals surface area (Å²) in [6.07, 6.45) is 5.44. The Hall–Kier alpha value is -0.610. The third-order valence-electron chi connectivity index (χ3n) is 3.88. The Morgan fingerprint density at radius 1 is 1.47 bits per heavy atom. The monoisotopic (exact) mass is 239 g/mol. The quantitative estimate of drug-likeness (QED) is 0.743. The minimum absolute atomic E-state index is 0.218. The van der Waals surface area contributed by atoms with Crippen LogP contribution in [0.2, 0.25) is 0 Å². The van der Waals surface area contributed by atoms with E-state index < -0.39 is 0 Å². The van der Waals surface area contributed by atoms with Gasteiger partial charge in [-0.2, -0.15) is 0 Å². The predicted octanol–water partition coefficient (Wildman–Crippen LogP) is 0.714. The van der Waals surface area contributed by atoms with Crippen molar-refractivity contribution in [3.8, 4) is 0 Å². The van der Waals surface area contributed by atoms with Gasteiger partial charge in [0.25, 0.3) is 0 Å². The summed E-state index contributed by atoms with van der Waals surface area (Å²) in [6.45, 7) is 5.17. The van der Waals surface area contributed by atoms with Crippen molar-refractivity contribution in [2.75, 3.05) is 19.6 Å². The number of hydrogen-bond donors (Lipinski definition) is 2. The molecule has 1 aliphatic heterocycles. The van der Waals surface area contributed by atoms with E-state index in [2.05, 4.69) is 17.1 Å². The molecule has 3 N–H and O–H groups in total. The van der Waals surface area contributed by atoms with Crippen LogP contribution >= 0.6 is 0 Å². The Kier molecular flexibility index (Phi) is 4.40. The largest absolute Gasteiger partial charge is 0.353 e. The lowest BCUT2D eigenvalue weighted by Crippen LogP contribution is -2.43. The summed E-state index contributed by atoms with van der Waals surface area (Å²) in [5.41, 5.74) is 5.95. The number of amides is 1. The molecule has 4 heteroatoms.